The van der Waals surface area contributed by atoms with Crippen LogP contribution >= 0.6 is 0 Å². The first-order valence-electron chi connectivity index (χ1n) is 11.1. The Bertz CT molecular complexity index is 1190. The van der Waals surface area contributed by atoms with E-state index in [0.29, 0.717) is 36.8 Å². The van der Waals surface area contributed by atoms with Crippen molar-refractivity contribution in [3.63, 3.8) is 0 Å². The van der Waals surface area contributed by atoms with Crippen LogP contribution in [0.15, 0.2) is 36.7 Å². The molecule has 1 aliphatic rings. The fraction of sp³-hybridized carbons (Fsp3) is 0.435. The Morgan fingerprint density at radius 3 is 2.47 bits per heavy atom. The minimum Gasteiger partial charge on any atom is -0.497 e. The number of aromatic nitrogens is 4. The Morgan fingerprint density at radius 2 is 1.82 bits per heavy atom. The molecule has 34 heavy (non-hydrogen) atoms. The smallest absolute Gasteiger partial charge is 0.416 e. The molecule has 0 spiro atoms. The van der Waals surface area contributed by atoms with Crippen molar-refractivity contribution in [2.75, 3.05) is 18.6 Å². The minimum absolute atomic E-state index is 0.155. The second-order valence-corrected chi connectivity index (χ2v) is 9.09. The van der Waals surface area contributed by atoms with Gasteiger partial charge in [0.2, 0.25) is 0 Å². The van der Waals surface area contributed by atoms with Gasteiger partial charge < -0.3 is 9.47 Å². The van der Waals surface area contributed by atoms with Crippen LogP contribution in [0.3, 0.4) is 0 Å². The average molecular weight is 469 g/mol. The fourth-order valence-electron chi connectivity index (χ4n) is 3.94. The lowest BCUT2D eigenvalue weighted by Crippen LogP contribution is -2.38. The van der Waals surface area contributed by atoms with Gasteiger partial charge in [-0.1, -0.05) is 12.1 Å². The molecular formula is C23H28N6O5. The highest BCUT2D eigenvalue weighted by Gasteiger charge is 2.34. The van der Waals surface area contributed by atoms with Crippen LogP contribution in [-0.4, -0.2) is 49.8 Å². The van der Waals surface area contributed by atoms with Gasteiger partial charge in [0, 0.05) is 13.1 Å². The maximum atomic E-state index is 13.1. The van der Waals surface area contributed by atoms with E-state index in [9.17, 15) is 14.9 Å². The maximum absolute atomic E-state index is 13.1. The van der Waals surface area contributed by atoms with Gasteiger partial charge in [-0.3, -0.25) is 19.7 Å². The summed E-state index contributed by atoms with van der Waals surface area (Å²) in [6, 6.07) is 7.40. The fourth-order valence-corrected chi connectivity index (χ4v) is 3.94. The van der Waals surface area contributed by atoms with Crippen molar-refractivity contribution in [2.45, 2.75) is 52.3 Å². The van der Waals surface area contributed by atoms with Gasteiger partial charge in [0.05, 0.1) is 30.3 Å². The van der Waals surface area contributed by atoms with E-state index >= 15 is 0 Å². The SMILES string of the molecule is COc1ccc(Cn2ncc([N+](=O)[O-])c2-c2cnn3c2N(C(=O)OC(C)(C)C)CCCC3)cc1. The van der Waals surface area contributed by atoms with E-state index in [-0.39, 0.29) is 11.4 Å². The number of methoxy groups -OCH3 is 1. The number of ether oxygens (including phenoxy) is 2. The molecule has 180 valence electrons. The molecule has 1 aromatic carbocycles. The zero-order valence-corrected chi connectivity index (χ0v) is 19.7. The van der Waals surface area contributed by atoms with E-state index in [4.69, 9.17) is 9.47 Å². The van der Waals surface area contributed by atoms with Crippen LogP contribution in [0.1, 0.15) is 39.2 Å². The molecule has 4 rings (SSSR count). The predicted molar refractivity (Wildman–Crippen MR) is 125 cm³/mol. The Morgan fingerprint density at radius 1 is 1.12 bits per heavy atom. The van der Waals surface area contributed by atoms with Crippen LogP contribution in [0.25, 0.3) is 11.3 Å². The van der Waals surface area contributed by atoms with Crippen molar-refractivity contribution in [3.8, 4) is 17.0 Å². The van der Waals surface area contributed by atoms with Crippen LogP contribution in [0.5, 0.6) is 5.75 Å². The standard InChI is InChI=1S/C23H28N6O5/c1-23(2,3)34-22(30)26-11-5-6-12-27-21(26)18(13-24-27)20-19(29(31)32)14-25-28(20)15-16-7-9-17(33-4)10-8-16/h7-10,13-14H,5-6,11-12,15H2,1-4H3. The van der Waals surface area contributed by atoms with Crippen molar-refractivity contribution in [1.29, 1.82) is 0 Å². The number of nitrogens with zero attached hydrogens (tertiary/aromatic N) is 6. The zero-order chi connectivity index (χ0) is 24.5. The lowest BCUT2D eigenvalue weighted by atomic mass is 10.1. The van der Waals surface area contributed by atoms with Crippen LogP contribution in [-0.2, 0) is 17.8 Å². The van der Waals surface area contributed by atoms with Gasteiger partial charge in [-0.2, -0.15) is 10.2 Å². The van der Waals surface area contributed by atoms with Crippen molar-refractivity contribution in [3.05, 3.63) is 52.3 Å². The van der Waals surface area contributed by atoms with E-state index in [0.717, 1.165) is 18.4 Å². The van der Waals surface area contributed by atoms with Crippen LogP contribution in [0, 0.1) is 10.1 Å². The Hall–Kier alpha value is -3.89. The molecule has 3 heterocycles. The average Bonchev–Trinajstić information content (AvgIpc) is 3.30. The molecule has 0 atom stereocenters. The third kappa shape index (κ3) is 4.73. The van der Waals surface area contributed by atoms with E-state index < -0.39 is 16.6 Å². The summed E-state index contributed by atoms with van der Waals surface area (Å²) in [5.41, 5.74) is 0.805. The topological polar surface area (TPSA) is 118 Å². The first kappa shape index (κ1) is 23.3. The molecule has 1 amide bonds. The summed E-state index contributed by atoms with van der Waals surface area (Å²) < 4.78 is 14.1. The zero-order valence-electron chi connectivity index (χ0n) is 19.7. The van der Waals surface area contributed by atoms with Crippen molar-refractivity contribution in [2.24, 2.45) is 0 Å². The molecule has 11 nitrogen and oxygen atoms in total. The van der Waals surface area contributed by atoms with Crippen LogP contribution < -0.4 is 9.64 Å². The molecule has 0 bridgehead atoms. The molecule has 0 N–H and O–H groups in total. The summed E-state index contributed by atoms with van der Waals surface area (Å²) in [6.45, 7) is 6.72. The summed E-state index contributed by atoms with van der Waals surface area (Å²) in [6.07, 6.45) is 3.86. The number of nitro groups is 1. The number of amides is 1. The minimum atomic E-state index is -0.684. The first-order valence-corrected chi connectivity index (χ1v) is 11.1. The summed E-state index contributed by atoms with van der Waals surface area (Å²) in [5, 5.41) is 20.7. The highest BCUT2D eigenvalue weighted by atomic mass is 16.6. The normalized spacial score (nSPS) is 13.8. The molecule has 0 fully saturated rings. The van der Waals surface area contributed by atoms with Gasteiger partial charge in [-0.05, 0) is 51.3 Å². The molecule has 0 saturated heterocycles. The predicted octanol–water partition coefficient (Wildman–Crippen LogP) is 4.25. The van der Waals surface area contributed by atoms with E-state index in [2.05, 4.69) is 10.2 Å². The second-order valence-electron chi connectivity index (χ2n) is 9.09. The van der Waals surface area contributed by atoms with Gasteiger partial charge in [0.1, 0.15) is 23.4 Å². The summed E-state index contributed by atoms with van der Waals surface area (Å²) in [7, 11) is 1.59. The monoisotopic (exact) mass is 468 g/mol. The van der Waals surface area contributed by atoms with Crippen molar-refractivity contribution < 1.29 is 19.2 Å². The Kier molecular flexibility index (Phi) is 6.27. The molecule has 11 heteroatoms. The number of anilines is 1. The number of aryl methyl sites for hydroxylation is 1. The summed E-state index contributed by atoms with van der Waals surface area (Å²) >= 11 is 0. The Labute approximate surface area is 197 Å². The first-order chi connectivity index (χ1) is 16.2. The number of rotatable bonds is 5. The third-order valence-electron chi connectivity index (χ3n) is 5.45. The highest BCUT2D eigenvalue weighted by molar-refractivity contribution is 5.93. The maximum Gasteiger partial charge on any atom is 0.416 e. The van der Waals surface area contributed by atoms with Gasteiger partial charge >= 0.3 is 11.8 Å². The molecule has 3 aromatic rings. The van der Waals surface area contributed by atoms with Crippen molar-refractivity contribution in [1.82, 2.24) is 19.6 Å². The number of benzene rings is 1. The molecule has 0 radical (unpaired) electrons. The molecule has 2 aromatic heterocycles. The molecule has 1 aliphatic heterocycles. The second kappa shape index (κ2) is 9.16. The lowest BCUT2D eigenvalue weighted by Gasteiger charge is -2.27. The van der Waals surface area contributed by atoms with Crippen LogP contribution in [0.2, 0.25) is 0 Å². The lowest BCUT2D eigenvalue weighted by molar-refractivity contribution is -0.384. The highest BCUT2D eigenvalue weighted by Crippen LogP contribution is 2.38. The quantitative estimate of drug-likeness (QED) is 0.406. The summed E-state index contributed by atoms with van der Waals surface area (Å²) in [4.78, 5) is 26.1. The molecule has 0 aliphatic carbocycles. The number of hydrogen-bond donors (Lipinski definition) is 0. The number of hydrogen-bond acceptors (Lipinski definition) is 7. The van der Waals surface area contributed by atoms with E-state index in [1.165, 1.54) is 11.1 Å². The van der Waals surface area contributed by atoms with E-state index in [1.54, 1.807) is 43.4 Å². The van der Waals surface area contributed by atoms with Gasteiger partial charge in [0.15, 0.2) is 5.69 Å². The number of carbonyl (C=O) groups is 1. The third-order valence-corrected chi connectivity index (χ3v) is 5.45. The Balaban J connectivity index is 1.80. The number of carbonyl (C=O) groups excluding carboxylic acids is 1. The van der Waals surface area contributed by atoms with Crippen LogP contribution in [0.4, 0.5) is 16.3 Å². The van der Waals surface area contributed by atoms with Crippen molar-refractivity contribution >= 4 is 17.6 Å². The van der Waals surface area contributed by atoms with E-state index in [1.807, 2.05) is 24.3 Å². The van der Waals surface area contributed by atoms with Gasteiger partial charge in [-0.25, -0.2) is 9.48 Å². The molecular weight excluding hydrogens is 440 g/mol. The largest absolute Gasteiger partial charge is 0.497 e. The van der Waals surface area contributed by atoms with Gasteiger partial charge in [-0.15, -0.1) is 0 Å². The molecule has 0 unspecified atom stereocenters. The number of fused-ring (bicyclic) bond motifs is 1. The summed E-state index contributed by atoms with van der Waals surface area (Å²) in [5.74, 6) is 1.19. The van der Waals surface area contributed by atoms with Gasteiger partial charge in [0.25, 0.3) is 0 Å². The molecule has 0 saturated carbocycles.